The summed E-state index contributed by atoms with van der Waals surface area (Å²) in [5.74, 6) is 0.891. The minimum Gasteiger partial charge on any atom is -0.378 e. The summed E-state index contributed by atoms with van der Waals surface area (Å²) in [4.78, 5) is 24.2. The van der Waals surface area contributed by atoms with Gasteiger partial charge in [-0.25, -0.2) is 9.97 Å². The number of fused-ring (bicyclic) bond motifs is 1. The van der Waals surface area contributed by atoms with Gasteiger partial charge in [0.15, 0.2) is 17.0 Å². The van der Waals surface area contributed by atoms with E-state index in [-0.39, 0.29) is 5.95 Å². The van der Waals surface area contributed by atoms with E-state index in [1.807, 2.05) is 25.3 Å². The summed E-state index contributed by atoms with van der Waals surface area (Å²) in [7, 11) is 0. The predicted molar refractivity (Wildman–Crippen MR) is 90.5 cm³/mol. The highest BCUT2D eigenvalue weighted by molar-refractivity contribution is 5.85. The number of rotatable bonds is 2. The molecule has 1 saturated heterocycles. The quantitative estimate of drug-likeness (QED) is 0.750. The summed E-state index contributed by atoms with van der Waals surface area (Å²) in [5.41, 5.74) is 9.50. The number of pyridine rings is 1. The third-order valence-electron chi connectivity index (χ3n) is 3.89. The zero-order valence-electron chi connectivity index (χ0n) is 13.3. The summed E-state index contributed by atoms with van der Waals surface area (Å²) in [6.07, 6.45) is 3.47. The molecule has 0 spiro atoms. The summed E-state index contributed by atoms with van der Waals surface area (Å²) >= 11 is 0. The average molecular weight is 323 g/mol. The summed E-state index contributed by atoms with van der Waals surface area (Å²) < 4.78 is 5.41. The molecule has 4 rings (SSSR count). The highest BCUT2D eigenvalue weighted by atomic mass is 16.5. The van der Waals surface area contributed by atoms with Gasteiger partial charge < -0.3 is 15.4 Å². The molecule has 3 aromatic rings. The maximum atomic E-state index is 5.84. The largest absolute Gasteiger partial charge is 0.378 e. The number of aromatic nitrogens is 5. The number of nitrogen functional groups attached to an aromatic ring is 1. The van der Waals surface area contributed by atoms with E-state index in [2.05, 4.69) is 24.8 Å². The van der Waals surface area contributed by atoms with Crippen LogP contribution in [-0.4, -0.2) is 51.2 Å². The second kappa shape index (κ2) is 5.97. The first-order valence-electron chi connectivity index (χ1n) is 7.77. The van der Waals surface area contributed by atoms with Crippen molar-refractivity contribution < 1.29 is 4.74 Å². The van der Waals surface area contributed by atoms with Crippen molar-refractivity contribution in [2.24, 2.45) is 0 Å². The van der Waals surface area contributed by atoms with Crippen molar-refractivity contribution in [3.05, 3.63) is 30.1 Å². The number of aryl methyl sites for hydroxylation is 1. The van der Waals surface area contributed by atoms with Gasteiger partial charge in [-0.3, -0.25) is 4.98 Å². The Morgan fingerprint density at radius 1 is 1.00 bits per heavy atom. The Morgan fingerprint density at radius 2 is 1.83 bits per heavy atom. The number of hydrogen-bond acceptors (Lipinski definition) is 8. The second-order valence-corrected chi connectivity index (χ2v) is 5.65. The Hall–Kier alpha value is -2.87. The number of nitrogens with zero attached hydrogens (tertiary/aromatic N) is 6. The van der Waals surface area contributed by atoms with Gasteiger partial charge in [-0.05, 0) is 18.6 Å². The van der Waals surface area contributed by atoms with Gasteiger partial charge in [0.25, 0.3) is 0 Å². The Labute approximate surface area is 138 Å². The molecule has 0 amide bonds. The molecule has 8 heteroatoms. The zero-order chi connectivity index (χ0) is 16.5. The molecular weight excluding hydrogens is 306 g/mol. The molecule has 24 heavy (non-hydrogen) atoms. The van der Waals surface area contributed by atoms with Gasteiger partial charge in [-0.1, -0.05) is 6.07 Å². The van der Waals surface area contributed by atoms with Crippen molar-refractivity contribution in [1.82, 2.24) is 24.9 Å². The first-order chi connectivity index (χ1) is 11.7. The number of hydrogen-bond donors (Lipinski definition) is 1. The number of anilines is 2. The van der Waals surface area contributed by atoms with Gasteiger partial charge in [0, 0.05) is 19.3 Å². The Balaban J connectivity index is 1.85. The first-order valence-corrected chi connectivity index (χ1v) is 7.77. The van der Waals surface area contributed by atoms with Crippen LogP contribution in [0.15, 0.2) is 24.5 Å². The van der Waals surface area contributed by atoms with E-state index >= 15 is 0 Å². The van der Waals surface area contributed by atoms with Gasteiger partial charge in [0.2, 0.25) is 5.95 Å². The second-order valence-electron chi connectivity index (χ2n) is 5.65. The van der Waals surface area contributed by atoms with Crippen LogP contribution in [0.3, 0.4) is 0 Å². The molecular formula is C16H17N7O. The SMILES string of the molecule is Cc1ccc(-c2cnc3nc(N)nc(N4CCOCC4)c3n2)nc1. The van der Waals surface area contributed by atoms with Crippen LogP contribution in [0.5, 0.6) is 0 Å². The third kappa shape index (κ3) is 2.71. The third-order valence-corrected chi connectivity index (χ3v) is 3.89. The van der Waals surface area contributed by atoms with Gasteiger partial charge in [-0.2, -0.15) is 9.97 Å². The van der Waals surface area contributed by atoms with Crippen molar-refractivity contribution in [3.63, 3.8) is 0 Å². The Kier molecular flexibility index (Phi) is 3.66. The molecule has 3 aromatic heterocycles. The first kappa shape index (κ1) is 14.7. The topological polar surface area (TPSA) is 103 Å². The summed E-state index contributed by atoms with van der Waals surface area (Å²) in [6.45, 7) is 4.77. The van der Waals surface area contributed by atoms with Crippen molar-refractivity contribution in [2.45, 2.75) is 6.92 Å². The van der Waals surface area contributed by atoms with Crippen molar-refractivity contribution in [1.29, 1.82) is 0 Å². The van der Waals surface area contributed by atoms with Crippen molar-refractivity contribution in [3.8, 4) is 11.4 Å². The summed E-state index contributed by atoms with van der Waals surface area (Å²) in [6, 6.07) is 3.92. The molecule has 0 saturated carbocycles. The van der Waals surface area contributed by atoms with Gasteiger partial charge in [-0.15, -0.1) is 0 Å². The van der Waals surface area contributed by atoms with E-state index in [0.29, 0.717) is 35.9 Å². The van der Waals surface area contributed by atoms with Crippen LogP contribution in [0.1, 0.15) is 5.56 Å². The molecule has 4 heterocycles. The van der Waals surface area contributed by atoms with Crippen LogP contribution in [0.2, 0.25) is 0 Å². The van der Waals surface area contributed by atoms with E-state index in [1.54, 1.807) is 6.20 Å². The van der Waals surface area contributed by atoms with Crippen LogP contribution < -0.4 is 10.6 Å². The molecule has 1 aliphatic rings. The molecule has 2 N–H and O–H groups in total. The maximum absolute atomic E-state index is 5.84. The lowest BCUT2D eigenvalue weighted by Gasteiger charge is -2.28. The van der Waals surface area contributed by atoms with Crippen LogP contribution in [0.4, 0.5) is 11.8 Å². The molecule has 1 fully saturated rings. The maximum Gasteiger partial charge on any atom is 0.224 e. The molecule has 0 unspecified atom stereocenters. The van der Waals surface area contributed by atoms with Crippen LogP contribution in [-0.2, 0) is 4.74 Å². The smallest absolute Gasteiger partial charge is 0.224 e. The Bertz CT molecular complexity index is 875. The highest BCUT2D eigenvalue weighted by Crippen LogP contribution is 2.25. The predicted octanol–water partition coefficient (Wildman–Crippen LogP) is 1.21. The van der Waals surface area contributed by atoms with Gasteiger partial charge in [0.1, 0.15) is 5.69 Å². The lowest BCUT2D eigenvalue weighted by atomic mass is 10.2. The normalized spacial score (nSPS) is 15.0. The number of ether oxygens (including phenoxy) is 1. The molecule has 0 radical (unpaired) electrons. The van der Waals surface area contributed by atoms with Crippen LogP contribution >= 0.6 is 0 Å². The minimum atomic E-state index is 0.194. The van der Waals surface area contributed by atoms with E-state index in [4.69, 9.17) is 15.5 Å². The fraction of sp³-hybridized carbons (Fsp3) is 0.312. The number of nitrogens with two attached hydrogens (primary N) is 1. The zero-order valence-corrected chi connectivity index (χ0v) is 13.3. The molecule has 0 bridgehead atoms. The standard InChI is InChI=1S/C16H17N7O/c1-10-2-3-11(18-8-10)12-9-19-14-13(20-12)15(22-16(17)21-14)23-4-6-24-7-5-23/h2-3,8-9H,4-7H2,1H3,(H2,17,19,21,22). The van der Waals surface area contributed by atoms with Crippen LogP contribution in [0, 0.1) is 6.92 Å². The molecule has 0 atom stereocenters. The minimum absolute atomic E-state index is 0.194. The summed E-state index contributed by atoms with van der Waals surface area (Å²) in [5, 5.41) is 0. The lowest BCUT2D eigenvalue weighted by Crippen LogP contribution is -2.37. The highest BCUT2D eigenvalue weighted by Gasteiger charge is 2.19. The Morgan fingerprint density at radius 3 is 2.58 bits per heavy atom. The monoisotopic (exact) mass is 323 g/mol. The fourth-order valence-corrected chi connectivity index (χ4v) is 2.65. The van der Waals surface area contributed by atoms with E-state index < -0.39 is 0 Å². The lowest BCUT2D eigenvalue weighted by molar-refractivity contribution is 0.122. The molecule has 122 valence electrons. The van der Waals surface area contributed by atoms with E-state index in [9.17, 15) is 0 Å². The molecule has 0 aliphatic carbocycles. The van der Waals surface area contributed by atoms with Crippen molar-refractivity contribution >= 4 is 22.9 Å². The van der Waals surface area contributed by atoms with E-state index in [0.717, 1.165) is 24.3 Å². The molecule has 1 aliphatic heterocycles. The van der Waals surface area contributed by atoms with Gasteiger partial charge in [0.05, 0.1) is 25.1 Å². The fourth-order valence-electron chi connectivity index (χ4n) is 2.65. The van der Waals surface area contributed by atoms with Crippen molar-refractivity contribution in [2.75, 3.05) is 36.9 Å². The van der Waals surface area contributed by atoms with Gasteiger partial charge >= 0.3 is 0 Å². The molecule has 0 aromatic carbocycles. The number of morpholine rings is 1. The van der Waals surface area contributed by atoms with E-state index in [1.165, 1.54) is 0 Å². The average Bonchev–Trinajstić information content (AvgIpc) is 2.62. The molecule has 8 nitrogen and oxygen atoms in total. The van der Waals surface area contributed by atoms with Crippen LogP contribution in [0.25, 0.3) is 22.6 Å².